The Morgan fingerprint density at radius 3 is 2.38 bits per heavy atom. The van der Waals surface area contributed by atoms with Crippen molar-refractivity contribution in [2.45, 2.75) is 45.7 Å². The van der Waals surface area contributed by atoms with Gasteiger partial charge in [-0.05, 0) is 30.4 Å². The van der Waals surface area contributed by atoms with Gasteiger partial charge in [0.15, 0.2) is 0 Å². The van der Waals surface area contributed by atoms with Crippen molar-refractivity contribution >= 4 is 0 Å². The lowest BCUT2D eigenvalue weighted by Crippen LogP contribution is -2.09. The van der Waals surface area contributed by atoms with Gasteiger partial charge in [0.05, 0.1) is 5.56 Å². The Balaban J connectivity index is 3.17. The first-order valence-electron chi connectivity index (χ1n) is 5.46. The fourth-order valence-electron chi connectivity index (χ4n) is 1.60. The number of halogens is 3. The molecule has 0 aliphatic carbocycles. The molecule has 0 saturated heterocycles. The number of aryl methyl sites for hydroxylation is 1. The summed E-state index contributed by atoms with van der Waals surface area (Å²) in [5, 5.41) is 0. The molecule has 1 aromatic heterocycles. The van der Waals surface area contributed by atoms with Crippen LogP contribution in [0.4, 0.5) is 13.2 Å². The molecule has 1 heterocycles. The van der Waals surface area contributed by atoms with E-state index >= 15 is 0 Å². The Hall–Kier alpha value is -1.06. The smallest absolute Gasteiger partial charge is 0.260 e. The van der Waals surface area contributed by atoms with Crippen molar-refractivity contribution in [2.75, 3.05) is 0 Å². The van der Waals surface area contributed by atoms with Gasteiger partial charge in [0.2, 0.25) is 0 Å². The number of rotatable bonds is 3. The minimum Gasteiger partial charge on any atom is -0.260 e. The largest absolute Gasteiger partial charge is 0.417 e. The molecule has 1 atom stereocenters. The van der Waals surface area contributed by atoms with Crippen LogP contribution in [0.25, 0.3) is 0 Å². The van der Waals surface area contributed by atoms with Gasteiger partial charge in [-0.25, -0.2) is 0 Å². The van der Waals surface area contributed by atoms with Crippen molar-refractivity contribution in [2.24, 2.45) is 0 Å². The number of nitrogens with zero attached hydrogens (tertiary/aromatic N) is 1. The summed E-state index contributed by atoms with van der Waals surface area (Å²) in [5.74, 6) is 0.206. The summed E-state index contributed by atoms with van der Waals surface area (Å²) in [6.07, 6.45) is -1.91. The summed E-state index contributed by atoms with van der Waals surface area (Å²) in [6.45, 7) is 5.83. The van der Waals surface area contributed by atoms with Crippen LogP contribution in [0.3, 0.4) is 0 Å². The lowest BCUT2D eigenvalue weighted by Gasteiger charge is -2.15. The first kappa shape index (κ1) is 13.0. The van der Waals surface area contributed by atoms with Crippen LogP contribution in [0.1, 0.15) is 49.9 Å². The van der Waals surface area contributed by atoms with E-state index in [4.69, 9.17) is 0 Å². The molecular weight excluding hydrogens is 215 g/mol. The molecule has 0 aliphatic heterocycles. The molecule has 0 radical (unpaired) electrons. The highest BCUT2D eigenvalue weighted by Gasteiger charge is 2.31. The van der Waals surface area contributed by atoms with Crippen LogP contribution in [0.2, 0.25) is 0 Å². The van der Waals surface area contributed by atoms with E-state index in [1.165, 1.54) is 6.07 Å². The molecule has 90 valence electrons. The van der Waals surface area contributed by atoms with Crippen molar-refractivity contribution in [1.29, 1.82) is 0 Å². The molecule has 0 fully saturated rings. The monoisotopic (exact) mass is 231 g/mol. The Morgan fingerprint density at radius 2 is 1.94 bits per heavy atom. The van der Waals surface area contributed by atoms with Crippen molar-refractivity contribution in [1.82, 2.24) is 4.98 Å². The van der Waals surface area contributed by atoms with E-state index in [0.717, 1.165) is 18.3 Å². The fourth-order valence-corrected chi connectivity index (χ4v) is 1.60. The van der Waals surface area contributed by atoms with Crippen molar-refractivity contribution in [3.8, 4) is 0 Å². The lowest BCUT2D eigenvalue weighted by atomic mass is 9.97. The zero-order valence-electron chi connectivity index (χ0n) is 9.73. The molecule has 4 heteroatoms. The SMILES string of the molecule is CCc1cc(C(F)(F)F)cnc1C(C)CC. The standard InChI is InChI=1S/C12H16F3N/c1-4-8(3)11-9(5-2)6-10(7-16-11)12(13,14)15/h6-8H,4-5H2,1-3H3. The zero-order chi connectivity index (χ0) is 12.3. The maximum absolute atomic E-state index is 12.5. The highest BCUT2D eigenvalue weighted by molar-refractivity contribution is 5.29. The van der Waals surface area contributed by atoms with E-state index in [9.17, 15) is 13.2 Å². The first-order valence-corrected chi connectivity index (χ1v) is 5.46. The first-order chi connectivity index (χ1) is 7.40. The molecule has 1 nitrogen and oxygen atoms in total. The Morgan fingerprint density at radius 1 is 1.31 bits per heavy atom. The Kier molecular flexibility index (Phi) is 3.94. The molecule has 0 bridgehead atoms. The summed E-state index contributed by atoms with van der Waals surface area (Å²) < 4.78 is 37.4. The van der Waals surface area contributed by atoms with Crippen LogP contribution < -0.4 is 0 Å². The summed E-state index contributed by atoms with van der Waals surface area (Å²) in [6, 6.07) is 1.22. The summed E-state index contributed by atoms with van der Waals surface area (Å²) >= 11 is 0. The number of pyridine rings is 1. The molecule has 0 aliphatic rings. The molecule has 0 saturated carbocycles. The van der Waals surface area contributed by atoms with Gasteiger partial charge in [0.1, 0.15) is 0 Å². The topological polar surface area (TPSA) is 12.9 Å². The van der Waals surface area contributed by atoms with Crippen molar-refractivity contribution in [3.05, 3.63) is 29.1 Å². The second-order valence-corrected chi connectivity index (χ2v) is 3.93. The van der Waals surface area contributed by atoms with E-state index in [1.807, 2.05) is 20.8 Å². The van der Waals surface area contributed by atoms with Crippen LogP contribution in [0.15, 0.2) is 12.3 Å². The highest BCUT2D eigenvalue weighted by Crippen LogP contribution is 2.31. The average molecular weight is 231 g/mol. The van der Waals surface area contributed by atoms with E-state index in [1.54, 1.807) is 0 Å². The predicted octanol–water partition coefficient (Wildman–Crippen LogP) is 4.18. The van der Waals surface area contributed by atoms with Crippen molar-refractivity contribution in [3.63, 3.8) is 0 Å². The summed E-state index contributed by atoms with van der Waals surface area (Å²) in [4.78, 5) is 3.97. The zero-order valence-corrected chi connectivity index (χ0v) is 9.73. The van der Waals surface area contributed by atoms with Crippen LogP contribution in [0.5, 0.6) is 0 Å². The van der Waals surface area contributed by atoms with E-state index in [-0.39, 0.29) is 5.92 Å². The maximum Gasteiger partial charge on any atom is 0.417 e. The molecule has 1 rings (SSSR count). The summed E-state index contributed by atoms with van der Waals surface area (Å²) in [5.41, 5.74) is 0.832. The number of hydrogen-bond donors (Lipinski definition) is 0. The van der Waals surface area contributed by atoms with Crippen LogP contribution in [-0.4, -0.2) is 4.98 Å². The van der Waals surface area contributed by atoms with Crippen LogP contribution in [-0.2, 0) is 12.6 Å². The molecule has 0 spiro atoms. The van der Waals surface area contributed by atoms with Crippen LogP contribution in [0, 0.1) is 0 Å². The molecule has 16 heavy (non-hydrogen) atoms. The van der Waals surface area contributed by atoms with Gasteiger partial charge in [-0.3, -0.25) is 4.98 Å². The highest BCUT2D eigenvalue weighted by atomic mass is 19.4. The Labute approximate surface area is 93.7 Å². The second-order valence-electron chi connectivity index (χ2n) is 3.93. The van der Waals surface area contributed by atoms with Gasteiger partial charge in [0, 0.05) is 11.9 Å². The third-order valence-electron chi connectivity index (χ3n) is 2.79. The van der Waals surface area contributed by atoms with E-state index < -0.39 is 11.7 Å². The number of hydrogen-bond acceptors (Lipinski definition) is 1. The number of aromatic nitrogens is 1. The van der Waals surface area contributed by atoms with Gasteiger partial charge in [-0.2, -0.15) is 13.2 Å². The summed E-state index contributed by atoms with van der Waals surface area (Å²) in [7, 11) is 0. The molecule has 0 amide bonds. The number of alkyl halides is 3. The minimum atomic E-state index is -4.30. The van der Waals surface area contributed by atoms with Gasteiger partial charge in [-0.1, -0.05) is 20.8 Å². The third-order valence-corrected chi connectivity index (χ3v) is 2.79. The van der Waals surface area contributed by atoms with Gasteiger partial charge >= 0.3 is 6.18 Å². The van der Waals surface area contributed by atoms with E-state index in [0.29, 0.717) is 12.0 Å². The third kappa shape index (κ3) is 2.74. The van der Waals surface area contributed by atoms with Crippen LogP contribution >= 0.6 is 0 Å². The Bertz CT molecular complexity index is 358. The minimum absolute atomic E-state index is 0.206. The van der Waals surface area contributed by atoms with Crippen molar-refractivity contribution < 1.29 is 13.2 Å². The molecular formula is C12H16F3N. The average Bonchev–Trinajstić information content (AvgIpc) is 2.26. The molecule has 1 aromatic rings. The van der Waals surface area contributed by atoms with Gasteiger partial charge < -0.3 is 0 Å². The van der Waals surface area contributed by atoms with E-state index in [2.05, 4.69) is 4.98 Å². The molecule has 1 unspecified atom stereocenters. The maximum atomic E-state index is 12.5. The predicted molar refractivity (Wildman–Crippen MR) is 57.3 cm³/mol. The quantitative estimate of drug-likeness (QED) is 0.760. The van der Waals surface area contributed by atoms with Gasteiger partial charge in [-0.15, -0.1) is 0 Å². The molecule has 0 N–H and O–H groups in total. The normalized spacial score (nSPS) is 13.9. The van der Waals surface area contributed by atoms with Gasteiger partial charge in [0.25, 0.3) is 0 Å². The fraction of sp³-hybridized carbons (Fsp3) is 0.583. The second kappa shape index (κ2) is 4.85. The molecule has 0 aromatic carbocycles. The lowest BCUT2D eigenvalue weighted by molar-refractivity contribution is -0.137.